The number of ketones is 1. The number of pyridine rings is 1. The molecule has 0 aliphatic carbocycles. The quantitative estimate of drug-likeness (QED) is 0.782. The summed E-state index contributed by atoms with van der Waals surface area (Å²) in [5.74, 6) is 0.0242. The van der Waals surface area contributed by atoms with Crippen LogP contribution in [0, 0.1) is 0 Å². The minimum Gasteiger partial charge on any atom is -0.294 e. The lowest BCUT2D eigenvalue weighted by atomic mass is 10.0. The average molecular weight is 258 g/mol. The third kappa shape index (κ3) is 3.05. The Morgan fingerprint density at radius 3 is 2.28 bits per heavy atom. The van der Waals surface area contributed by atoms with Crippen LogP contribution in [0.3, 0.4) is 0 Å². The van der Waals surface area contributed by atoms with Crippen molar-refractivity contribution in [2.45, 2.75) is 6.92 Å². The number of aromatic nitrogens is 1. The maximum Gasteiger partial charge on any atom is 0.160 e. The number of carbonyl (C=O) groups excluding carboxylic acids is 1. The third-order valence-corrected chi connectivity index (χ3v) is 2.80. The predicted octanol–water partition coefficient (Wildman–Crippen LogP) is 3.86. The molecule has 18 heavy (non-hydrogen) atoms. The Labute approximate surface area is 111 Å². The highest BCUT2D eigenvalue weighted by Gasteiger charge is 2.06. The first kappa shape index (κ1) is 12.5. The molecule has 2 nitrogen and oxygen atoms in total. The molecule has 0 saturated carbocycles. The number of hydrogen-bond donors (Lipinski definition) is 0. The molecule has 3 heteroatoms. The number of carbonyl (C=O) groups is 1. The van der Waals surface area contributed by atoms with Crippen LogP contribution in [0.15, 0.2) is 48.8 Å². The lowest BCUT2D eigenvalue weighted by Gasteiger charge is -2.04. The van der Waals surface area contributed by atoms with Crippen LogP contribution in [-0.4, -0.2) is 10.8 Å². The summed E-state index contributed by atoms with van der Waals surface area (Å²) in [5, 5.41) is 0.681. The zero-order valence-corrected chi connectivity index (χ0v) is 10.7. The first-order valence-electron chi connectivity index (χ1n) is 5.55. The fourth-order valence-electron chi connectivity index (χ4n) is 1.65. The highest BCUT2D eigenvalue weighted by Crippen LogP contribution is 2.19. The number of benzene rings is 1. The molecule has 0 saturated heterocycles. The topological polar surface area (TPSA) is 30.0 Å². The summed E-state index contributed by atoms with van der Waals surface area (Å²) in [6.45, 7) is 1.56. The van der Waals surface area contributed by atoms with Gasteiger partial charge in [0, 0.05) is 23.0 Å². The van der Waals surface area contributed by atoms with E-state index >= 15 is 0 Å². The van der Waals surface area contributed by atoms with E-state index in [1.54, 1.807) is 31.5 Å². The van der Waals surface area contributed by atoms with Gasteiger partial charge >= 0.3 is 0 Å². The molecule has 0 aliphatic rings. The molecule has 1 aromatic heterocycles. The Morgan fingerprint density at radius 1 is 1.11 bits per heavy atom. The van der Waals surface area contributed by atoms with Crippen molar-refractivity contribution in [2.24, 2.45) is 0 Å². The maximum atomic E-state index is 11.7. The van der Waals surface area contributed by atoms with Crippen molar-refractivity contribution >= 4 is 29.0 Å². The van der Waals surface area contributed by atoms with E-state index in [9.17, 15) is 4.79 Å². The lowest BCUT2D eigenvalue weighted by molar-refractivity contribution is -0.111. The van der Waals surface area contributed by atoms with E-state index in [1.165, 1.54) is 0 Å². The van der Waals surface area contributed by atoms with E-state index in [1.807, 2.05) is 30.3 Å². The van der Waals surface area contributed by atoms with Gasteiger partial charge in [0.1, 0.15) is 0 Å². The molecular formula is C15H12ClNO. The number of rotatable bonds is 3. The number of nitrogens with zero attached hydrogens (tertiary/aromatic N) is 1. The van der Waals surface area contributed by atoms with Crippen LogP contribution in [0.1, 0.15) is 18.1 Å². The summed E-state index contributed by atoms with van der Waals surface area (Å²) >= 11 is 5.83. The minimum atomic E-state index is 0.0242. The van der Waals surface area contributed by atoms with Crippen molar-refractivity contribution < 1.29 is 4.79 Å². The molecule has 2 rings (SSSR count). The third-order valence-electron chi connectivity index (χ3n) is 2.55. The van der Waals surface area contributed by atoms with Gasteiger partial charge in [0.05, 0.1) is 0 Å². The fourth-order valence-corrected chi connectivity index (χ4v) is 1.77. The van der Waals surface area contributed by atoms with Gasteiger partial charge in [0.2, 0.25) is 0 Å². The zero-order chi connectivity index (χ0) is 13.0. The summed E-state index contributed by atoms with van der Waals surface area (Å²) in [7, 11) is 0. The summed E-state index contributed by atoms with van der Waals surface area (Å²) in [4.78, 5) is 15.7. The molecule has 0 spiro atoms. The molecule has 2 aromatic rings. The molecule has 0 fully saturated rings. The standard InChI is InChI=1S/C15H12ClNO/c1-11(18)15(13-6-8-17-9-7-13)10-12-2-4-14(16)5-3-12/h2-10H,1H3/b15-10-. The molecule has 90 valence electrons. The maximum absolute atomic E-state index is 11.7. The Hall–Kier alpha value is -1.93. The van der Waals surface area contributed by atoms with Crippen LogP contribution in [-0.2, 0) is 4.79 Å². The summed E-state index contributed by atoms with van der Waals surface area (Å²) in [6.07, 6.45) is 5.20. The van der Waals surface area contributed by atoms with Gasteiger partial charge in [-0.25, -0.2) is 0 Å². The Balaban J connectivity index is 2.43. The molecule has 1 heterocycles. The number of hydrogen-bond acceptors (Lipinski definition) is 2. The SMILES string of the molecule is CC(=O)/C(=C/c1ccc(Cl)cc1)c1ccncc1. The van der Waals surface area contributed by atoms with Gasteiger partial charge in [-0.2, -0.15) is 0 Å². The van der Waals surface area contributed by atoms with Gasteiger partial charge in [0.25, 0.3) is 0 Å². The summed E-state index contributed by atoms with van der Waals surface area (Å²) in [6, 6.07) is 11.0. The number of halogens is 1. The second kappa shape index (κ2) is 5.61. The molecule has 0 N–H and O–H groups in total. The summed E-state index contributed by atoms with van der Waals surface area (Å²) < 4.78 is 0. The largest absolute Gasteiger partial charge is 0.294 e. The van der Waals surface area contributed by atoms with Gasteiger partial charge in [-0.05, 0) is 48.4 Å². The Kier molecular flexibility index (Phi) is 3.90. The minimum absolute atomic E-state index is 0.0242. The second-order valence-electron chi connectivity index (χ2n) is 3.90. The van der Waals surface area contributed by atoms with E-state index < -0.39 is 0 Å². The molecule has 0 bridgehead atoms. The van der Waals surface area contributed by atoms with Crippen LogP contribution < -0.4 is 0 Å². The molecule has 0 atom stereocenters. The number of allylic oxidation sites excluding steroid dienone is 1. The van der Waals surface area contributed by atoms with Gasteiger partial charge in [-0.15, -0.1) is 0 Å². The highest BCUT2D eigenvalue weighted by molar-refractivity contribution is 6.30. The average Bonchev–Trinajstić information content (AvgIpc) is 2.38. The first-order chi connectivity index (χ1) is 8.66. The fraction of sp³-hybridized carbons (Fsp3) is 0.0667. The van der Waals surface area contributed by atoms with Gasteiger partial charge in [0.15, 0.2) is 5.78 Å². The monoisotopic (exact) mass is 257 g/mol. The van der Waals surface area contributed by atoms with Crippen molar-refractivity contribution in [3.05, 3.63) is 64.9 Å². The van der Waals surface area contributed by atoms with E-state index in [0.717, 1.165) is 11.1 Å². The van der Waals surface area contributed by atoms with Crippen molar-refractivity contribution in [3.8, 4) is 0 Å². The van der Waals surface area contributed by atoms with E-state index in [2.05, 4.69) is 4.98 Å². The van der Waals surface area contributed by atoms with Crippen molar-refractivity contribution in [3.63, 3.8) is 0 Å². The van der Waals surface area contributed by atoms with Crippen molar-refractivity contribution in [1.29, 1.82) is 0 Å². The van der Waals surface area contributed by atoms with Crippen LogP contribution in [0.5, 0.6) is 0 Å². The van der Waals surface area contributed by atoms with Crippen molar-refractivity contribution in [1.82, 2.24) is 4.98 Å². The van der Waals surface area contributed by atoms with E-state index in [4.69, 9.17) is 11.6 Å². The van der Waals surface area contributed by atoms with Crippen LogP contribution in [0.2, 0.25) is 5.02 Å². The Morgan fingerprint density at radius 2 is 1.72 bits per heavy atom. The van der Waals surface area contributed by atoms with E-state index in [0.29, 0.717) is 10.6 Å². The number of Topliss-reactive ketones (excluding diaryl/α,β-unsaturated/α-hetero) is 1. The first-order valence-corrected chi connectivity index (χ1v) is 5.93. The Bertz CT molecular complexity index is 573. The van der Waals surface area contributed by atoms with Crippen LogP contribution >= 0.6 is 11.6 Å². The van der Waals surface area contributed by atoms with Gasteiger partial charge in [-0.1, -0.05) is 23.7 Å². The van der Waals surface area contributed by atoms with E-state index in [-0.39, 0.29) is 5.78 Å². The van der Waals surface area contributed by atoms with Crippen molar-refractivity contribution in [2.75, 3.05) is 0 Å². The molecule has 1 aromatic carbocycles. The molecule has 0 unspecified atom stereocenters. The highest BCUT2D eigenvalue weighted by atomic mass is 35.5. The van der Waals surface area contributed by atoms with Crippen LogP contribution in [0.25, 0.3) is 11.6 Å². The molecule has 0 aliphatic heterocycles. The van der Waals surface area contributed by atoms with Gasteiger partial charge in [-0.3, -0.25) is 9.78 Å². The predicted molar refractivity (Wildman–Crippen MR) is 74.2 cm³/mol. The normalized spacial score (nSPS) is 11.3. The van der Waals surface area contributed by atoms with Gasteiger partial charge < -0.3 is 0 Å². The molecule has 0 amide bonds. The van der Waals surface area contributed by atoms with Crippen LogP contribution in [0.4, 0.5) is 0 Å². The molecular weight excluding hydrogens is 246 g/mol. The lowest BCUT2D eigenvalue weighted by Crippen LogP contribution is -1.96. The summed E-state index contributed by atoms with van der Waals surface area (Å²) in [5.41, 5.74) is 2.48. The second-order valence-corrected chi connectivity index (χ2v) is 4.34. The zero-order valence-electron chi connectivity index (χ0n) is 9.93. The molecule has 0 radical (unpaired) electrons. The smallest absolute Gasteiger partial charge is 0.160 e.